The van der Waals surface area contributed by atoms with Gasteiger partial charge in [0.1, 0.15) is 6.07 Å². The van der Waals surface area contributed by atoms with Crippen LogP contribution in [0.3, 0.4) is 0 Å². The Hall–Kier alpha value is -3.65. The number of allylic oxidation sites excluding steroid dienone is 2. The number of fused-ring (bicyclic) bond motifs is 3. The summed E-state index contributed by atoms with van der Waals surface area (Å²) in [5.41, 5.74) is 7.71. The van der Waals surface area contributed by atoms with E-state index in [4.69, 9.17) is 9.97 Å². The third kappa shape index (κ3) is 3.23. The molecule has 3 aromatic rings. The molecule has 0 saturated heterocycles. The largest absolute Gasteiger partial charge is 0.293 e. The summed E-state index contributed by atoms with van der Waals surface area (Å²) in [4.78, 5) is 26.8. The smallest absolute Gasteiger partial charge is 0.176 e. The lowest BCUT2D eigenvalue weighted by Gasteiger charge is -2.38. The molecular formula is C27H24N4O. The first-order valence-electron chi connectivity index (χ1n) is 11.0. The van der Waals surface area contributed by atoms with Crippen LogP contribution in [-0.4, -0.2) is 20.7 Å². The summed E-state index contributed by atoms with van der Waals surface area (Å²) < 4.78 is 0. The Morgan fingerprint density at radius 3 is 2.53 bits per heavy atom. The van der Waals surface area contributed by atoms with E-state index in [1.807, 2.05) is 25.1 Å². The summed E-state index contributed by atoms with van der Waals surface area (Å²) >= 11 is 0. The molecule has 0 saturated carbocycles. The fourth-order valence-electron chi connectivity index (χ4n) is 5.03. The van der Waals surface area contributed by atoms with Crippen molar-refractivity contribution < 1.29 is 4.79 Å². The van der Waals surface area contributed by atoms with Crippen LogP contribution in [-0.2, 0) is 11.2 Å². The highest BCUT2D eigenvalue weighted by molar-refractivity contribution is 6.01. The fourth-order valence-corrected chi connectivity index (χ4v) is 5.03. The Bertz CT molecular complexity index is 1300. The molecule has 0 amide bonds. The quantitative estimate of drug-likeness (QED) is 0.574. The van der Waals surface area contributed by atoms with Gasteiger partial charge in [-0.25, -0.2) is 9.97 Å². The summed E-state index contributed by atoms with van der Waals surface area (Å²) in [6.45, 7) is 6.17. The van der Waals surface area contributed by atoms with E-state index in [-0.39, 0.29) is 29.1 Å². The highest BCUT2D eigenvalue weighted by Gasteiger charge is 2.42. The molecule has 5 rings (SSSR count). The van der Waals surface area contributed by atoms with E-state index in [0.717, 1.165) is 40.9 Å². The first-order chi connectivity index (χ1) is 15.5. The zero-order valence-corrected chi connectivity index (χ0v) is 18.5. The van der Waals surface area contributed by atoms with Gasteiger partial charge in [-0.3, -0.25) is 9.78 Å². The minimum atomic E-state index is -0.183. The van der Waals surface area contributed by atoms with Crippen molar-refractivity contribution in [2.24, 2.45) is 11.8 Å². The zero-order valence-electron chi connectivity index (χ0n) is 18.5. The van der Waals surface area contributed by atoms with Crippen LogP contribution in [0.25, 0.3) is 22.6 Å². The van der Waals surface area contributed by atoms with Gasteiger partial charge in [0.25, 0.3) is 0 Å². The summed E-state index contributed by atoms with van der Waals surface area (Å²) in [5.74, 6) is 0.513. The van der Waals surface area contributed by atoms with Crippen molar-refractivity contribution in [3.8, 4) is 28.7 Å². The van der Waals surface area contributed by atoms with Crippen molar-refractivity contribution in [1.29, 1.82) is 5.26 Å². The van der Waals surface area contributed by atoms with Gasteiger partial charge in [0, 0.05) is 40.9 Å². The molecule has 2 aliphatic rings. The second kappa shape index (κ2) is 7.80. The van der Waals surface area contributed by atoms with Crippen molar-refractivity contribution >= 4 is 5.78 Å². The van der Waals surface area contributed by atoms with Crippen LogP contribution < -0.4 is 0 Å². The number of hydrogen-bond donors (Lipinski definition) is 0. The average Bonchev–Trinajstić information content (AvgIpc) is 2.82. The van der Waals surface area contributed by atoms with Crippen LogP contribution in [0.1, 0.15) is 41.6 Å². The van der Waals surface area contributed by atoms with Crippen LogP contribution in [0.15, 0.2) is 54.4 Å². The van der Waals surface area contributed by atoms with E-state index in [9.17, 15) is 10.1 Å². The standard InChI is InChI=1S/C27H24N4O/c1-15-4-5-19(12-16(15)2)24-22-7-6-21-17(3)26(32)20(14-28)13-23(21)25(22)31-27(30-24)18-8-10-29-11-9-18/h4-5,8-13,17,21,23H,6-7H2,1-3H3. The Balaban J connectivity index is 1.77. The van der Waals surface area contributed by atoms with Crippen molar-refractivity contribution in [2.45, 2.75) is 39.5 Å². The maximum atomic E-state index is 12.6. The molecule has 5 nitrogen and oxygen atoms in total. The molecule has 0 N–H and O–H groups in total. The fraction of sp³-hybridized carbons (Fsp3) is 0.296. The van der Waals surface area contributed by atoms with Gasteiger partial charge in [-0.05, 0) is 61.9 Å². The molecule has 1 aromatic carbocycles. The molecular weight excluding hydrogens is 396 g/mol. The topological polar surface area (TPSA) is 79.5 Å². The van der Waals surface area contributed by atoms with Crippen LogP contribution in [0.4, 0.5) is 0 Å². The normalized spacial score (nSPS) is 21.9. The first kappa shape index (κ1) is 20.3. The van der Waals surface area contributed by atoms with Crippen molar-refractivity contribution in [3.05, 3.63) is 76.8 Å². The van der Waals surface area contributed by atoms with Gasteiger partial charge in [0.15, 0.2) is 11.6 Å². The monoisotopic (exact) mass is 420 g/mol. The van der Waals surface area contributed by atoms with Gasteiger partial charge in [-0.15, -0.1) is 0 Å². The number of carbonyl (C=O) groups is 1. The Labute approximate surface area is 187 Å². The van der Waals surface area contributed by atoms with E-state index in [1.165, 1.54) is 11.1 Å². The first-order valence-corrected chi connectivity index (χ1v) is 11.0. The minimum absolute atomic E-state index is 0.0463. The highest BCUT2D eigenvalue weighted by Crippen LogP contribution is 2.47. The molecule has 158 valence electrons. The average molecular weight is 421 g/mol. The molecule has 0 radical (unpaired) electrons. The summed E-state index contributed by atoms with van der Waals surface area (Å²) in [7, 11) is 0. The lowest BCUT2D eigenvalue weighted by molar-refractivity contribution is -0.120. The van der Waals surface area contributed by atoms with Crippen LogP contribution in [0.2, 0.25) is 0 Å². The molecule has 0 bridgehead atoms. The van der Waals surface area contributed by atoms with Crippen molar-refractivity contribution in [2.75, 3.05) is 0 Å². The predicted molar refractivity (Wildman–Crippen MR) is 123 cm³/mol. The van der Waals surface area contributed by atoms with Gasteiger partial charge in [0.05, 0.1) is 17.0 Å². The Kier molecular flexibility index (Phi) is 4.94. The molecule has 2 aliphatic carbocycles. The molecule has 2 aromatic heterocycles. The molecule has 0 fully saturated rings. The number of carbonyl (C=O) groups excluding carboxylic acids is 1. The van der Waals surface area contributed by atoms with Crippen LogP contribution in [0.5, 0.6) is 0 Å². The number of ketones is 1. The number of aryl methyl sites for hydroxylation is 2. The molecule has 0 aliphatic heterocycles. The number of benzene rings is 1. The maximum absolute atomic E-state index is 12.6. The second-order valence-corrected chi connectivity index (χ2v) is 8.87. The predicted octanol–water partition coefficient (Wildman–Crippen LogP) is 5.14. The molecule has 0 spiro atoms. The second-order valence-electron chi connectivity index (χ2n) is 8.87. The van der Waals surface area contributed by atoms with E-state index >= 15 is 0 Å². The Morgan fingerprint density at radius 1 is 1.03 bits per heavy atom. The van der Waals surface area contributed by atoms with E-state index in [1.54, 1.807) is 12.4 Å². The number of hydrogen-bond acceptors (Lipinski definition) is 5. The third-order valence-corrected chi connectivity index (χ3v) is 7.05. The number of Topliss-reactive ketones (excluding diaryl/α,β-unsaturated/α-hetero) is 1. The molecule has 3 unspecified atom stereocenters. The number of nitrogens with zero attached hydrogens (tertiary/aromatic N) is 4. The third-order valence-electron chi connectivity index (χ3n) is 7.05. The van der Waals surface area contributed by atoms with E-state index in [2.05, 4.69) is 43.1 Å². The SMILES string of the molecule is Cc1ccc(-c2nc(-c3ccncc3)nc3c2CCC2C(C)C(=O)C(C#N)=CC32)cc1C. The highest BCUT2D eigenvalue weighted by atomic mass is 16.1. The summed E-state index contributed by atoms with van der Waals surface area (Å²) in [6.07, 6.45) is 7.04. The molecule has 32 heavy (non-hydrogen) atoms. The molecule has 2 heterocycles. The van der Waals surface area contributed by atoms with Crippen molar-refractivity contribution in [3.63, 3.8) is 0 Å². The number of pyridine rings is 1. The van der Waals surface area contributed by atoms with Crippen LogP contribution in [0, 0.1) is 37.0 Å². The van der Waals surface area contributed by atoms with Gasteiger partial charge in [-0.2, -0.15) is 5.26 Å². The lowest BCUT2D eigenvalue weighted by atomic mass is 9.66. The van der Waals surface area contributed by atoms with E-state index in [0.29, 0.717) is 5.82 Å². The van der Waals surface area contributed by atoms with Gasteiger partial charge < -0.3 is 0 Å². The van der Waals surface area contributed by atoms with Crippen molar-refractivity contribution in [1.82, 2.24) is 15.0 Å². The lowest BCUT2D eigenvalue weighted by Crippen LogP contribution is -2.35. The molecule has 5 heteroatoms. The van der Waals surface area contributed by atoms with Gasteiger partial charge in [-0.1, -0.05) is 25.1 Å². The minimum Gasteiger partial charge on any atom is -0.293 e. The maximum Gasteiger partial charge on any atom is 0.176 e. The number of rotatable bonds is 2. The van der Waals surface area contributed by atoms with Gasteiger partial charge in [0.2, 0.25) is 0 Å². The van der Waals surface area contributed by atoms with E-state index < -0.39 is 0 Å². The summed E-state index contributed by atoms with van der Waals surface area (Å²) in [6, 6.07) is 12.4. The number of aromatic nitrogens is 3. The number of nitriles is 1. The zero-order chi connectivity index (χ0) is 22.4. The Morgan fingerprint density at radius 2 is 1.81 bits per heavy atom. The van der Waals surface area contributed by atoms with Gasteiger partial charge >= 0.3 is 0 Å². The molecule has 3 atom stereocenters. The van der Waals surface area contributed by atoms with Crippen LogP contribution >= 0.6 is 0 Å². The summed E-state index contributed by atoms with van der Waals surface area (Å²) in [5, 5.41) is 9.56.